The lowest BCUT2D eigenvalue weighted by Gasteiger charge is -2.37. The number of ether oxygens (including phenoxy) is 1. The molecule has 0 radical (unpaired) electrons. The van der Waals surface area contributed by atoms with E-state index in [4.69, 9.17) is 4.74 Å². The standard InChI is InChI=1S/C20H31N3O2/c1-3-18(17-9-5-6-10-19(17)25-4-2)21-20(24)15-22-12-13-23-11-7-8-16(23)14-22/h5-6,9-10,16,18H,3-4,7-8,11-15H2,1-2H3,(H,21,24). The number of fused-ring (bicyclic) bond motifs is 1. The van der Waals surface area contributed by atoms with Crippen LogP contribution < -0.4 is 10.1 Å². The van der Waals surface area contributed by atoms with Gasteiger partial charge in [-0.1, -0.05) is 25.1 Å². The Labute approximate surface area is 151 Å². The Morgan fingerprint density at radius 3 is 2.92 bits per heavy atom. The van der Waals surface area contributed by atoms with E-state index in [1.165, 1.54) is 19.4 Å². The molecular formula is C20H31N3O2. The first-order chi connectivity index (χ1) is 12.2. The zero-order valence-corrected chi connectivity index (χ0v) is 15.5. The van der Waals surface area contributed by atoms with Crippen molar-refractivity contribution in [3.05, 3.63) is 29.8 Å². The van der Waals surface area contributed by atoms with E-state index in [0.717, 1.165) is 37.4 Å². The lowest BCUT2D eigenvalue weighted by Crippen LogP contribution is -2.52. The van der Waals surface area contributed by atoms with Crippen molar-refractivity contribution in [1.29, 1.82) is 0 Å². The van der Waals surface area contributed by atoms with Gasteiger partial charge in [-0.3, -0.25) is 14.6 Å². The fourth-order valence-corrected chi connectivity index (χ4v) is 4.10. The van der Waals surface area contributed by atoms with Crippen molar-refractivity contribution < 1.29 is 9.53 Å². The van der Waals surface area contributed by atoms with Crippen LogP contribution in [0.25, 0.3) is 0 Å². The molecule has 0 aliphatic carbocycles. The van der Waals surface area contributed by atoms with Gasteiger partial charge in [0.25, 0.3) is 0 Å². The normalized spacial score (nSPS) is 22.4. The molecule has 1 aromatic carbocycles. The Morgan fingerprint density at radius 2 is 2.12 bits per heavy atom. The molecule has 0 spiro atoms. The van der Waals surface area contributed by atoms with Gasteiger partial charge in [0, 0.05) is 31.2 Å². The maximum Gasteiger partial charge on any atom is 0.234 e. The molecule has 2 heterocycles. The van der Waals surface area contributed by atoms with Gasteiger partial charge in [-0.2, -0.15) is 0 Å². The van der Waals surface area contributed by atoms with E-state index in [0.29, 0.717) is 19.2 Å². The number of rotatable bonds is 7. The van der Waals surface area contributed by atoms with Gasteiger partial charge in [0.1, 0.15) is 5.75 Å². The van der Waals surface area contributed by atoms with Crippen LogP contribution in [0.3, 0.4) is 0 Å². The molecule has 2 saturated heterocycles. The zero-order chi connectivity index (χ0) is 17.6. The lowest BCUT2D eigenvalue weighted by molar-refractivity contribution is -0.123. The Bertz CT molecular complexity index is 578. The summed E-state index contributed by atoms with van der Waals surface area (Å²) >= 11 is 0. The average Bonchev–Trinajstić information content (AvgIpc) is 3.08. The number of hydrogen-bond donors (Lipinski definition) is 1. The minimum atomic E-state index is 0.00280. The number of carbonyl (C=O) groups is 1. The Kier molecular flexibility index (Phi) is 6.32. The second-order valence-corrected chi connectivity index (χ2v) is 7.07. The smallest absolute Gasteiger partial charge is 0.234 e. The van der Waals surface area contributed by atoms with Gasteiger partial charge in [0.15, 0.2) is 0 Å². The minimum Gasteiger partial charge on any atom is -0.494 e. The van der Waals surface area contributed by atoms with Gasteiger partial charge in [0.05, 0.1) is 19.2 Å². The molecule has 2 atom stereocenters. The van der Waals surface area contributed by atoms with Crippen molar-refractivity contribution in [2.24, 2.45) is 0 Å². The summed E-state index contributed by atoms with van der Waals surface area (Å²) < 4.78 is 5.73. The van der Waals surface area contributed by atoms with Crippen LogP contribution in [0.1, 0.15) is 44.7 Å². The summed E-state index contributed by atoms with van der Waals surface area (Å²) in [7, 11) is 0. The lowest BCUT2D eigenvalue weighted by atomic mass is 10.0. The van der Waals surface area contributed by atoms with Crippen molar-refractivity contribution in [2.75, 3.05) is 39.3 Å². The van der Waals surface area contributed by atoms with Gasteiger partial charge in [-0.15, -0.1) is 0 Å². The van der Waals surface area contributed by atoms with E-state index in [1.54, 1.807) is 0 Å². The Balaban J connectivity index is 1.57. The number of carbonyl (C=O) groups excluding carboxylic acids is 1. The maximum absolute atomic E-state index is 12.6. The highest BCUT2D eigenvalue weighted by molar-refractivity contribution is 5.78. The first kappa shape index (κ1) is 18.2. The summed E-state index contributed by atoms with van der Waals surface area (Å²) in [5.74, 6) is 0.987. The van der Waals surface area contributed by atoms with Gasteiger partial charge in [-0.25, -0.2) is 0 Å². The summed E-state index contributed by atoms with van der Waals surface area (Å²) in [5.41, 5.74) is 1.07. The molecule has 1 amide bonds. The molecule has 0 aromatic heterocycles. The second kappa shape index (κ2) is 8.68. The molecule has 2 aliphatic rings. The minimum absolute atomic E-state index is 0.00280. The number of piperazine rings is 1. The Morgan fingerprint density at radius 1 is 1.28 bits per heavy atom. The van der Waals surface area contributed by atoms with Crippen molar-refractivity contribution in [3.8, 4) is 5.75 Å². The van der Waals surface area contributed by atoms with Gasteiger partial charge in [-0.05, 0) is 38.8 Å². The number of nitrogens with one attached hydrogen (secondary N) is 1. The van der Waals surface area contributed by atoms with Crippen LogP contribution in [-0.4, -0.2) is 61.1 Å². The molecule has 3 rings (SSSR count). The highest BCUT2D eigenvalue weighted by Gasteiger charge is 2.31. The van der Waals surface area contributed by atoms with E-state index in [1.807, 2.05) is 25.1 Å². The van der Waals surface area contributed by atoms with E-state index >= 15 is 0 Å². The van der Waals surface area contributed by atoms with Crippen molar-refractivity contribution >= 4 is 5.91 Å². The van der Waals surface area contributed by atoms with E-state index in [2.05, 4.69) is 28.1 Å². The number of benzene rings is 1. The van der Waals surface area contributed by atoms with Gasteiger partial charge < -0.3 is 10.1 Å². The molecule has 5 heteroatoms. The third-order valence-electron chi connectivity index (χ3n) is 5.38. The predicted molar refractivity (Wildman–Crippen MR) is 99.8 cm³/mol. The van der Waals surface area contributed by atoms with Crippen LogP contribution >= 0.6 is 0 Å². The van der Waals surface area contributed by atoms with E-state index < -0.39 is 0 Å². The van der Waals surface area contributed by atoms with Crippen LogP contribution in [0, 0.1) is 0 Å². The van der Waals surface area contributed by atoms with Crippen LogP contribution in [0.5, 0.6) is 5.75 Å². The van der Waals surface area contributed by atoms with Crippen molar-refractivity contribution in [3.63, 3.8) is 0 Å². The number of hydrogen-bond acceptors (Lipinski definition) is 4. The summed E-state index contributed by atoms with van der Waals surface area (Å²) in [4.78, 5) is 17.5. The van der Waals surface area contributed by atoms with Crippen LogP contribution in [0.4, 0.5) is 0 Å². The summed E-state index contributed by atoms with van der Waals surface area (Å²) in [5, 5.41) is 3.21. The molecule has 1 aromatic rings. The zero-order valence-electron chi connectivity index (χ0n) is 15.5. The summed E-state index contributed by atoms with van der Waals surface area (Å²) in [6, 6.07) is 8.67. The number of amides is 1. The SMILES string of the molecule is CCOc1ccccc1C(CC)NC(=O)CN1CCN2CCCC2C1. The monoisotopic (exact) mass is 345 g/mol. The highest BCUT2D eigenvalue weighted by atomic mass is 16.5. The predicted octanol–water partition coefficient (Wildman–Crippen LogP) is 2.43. The molecule has 2 unspecified atom stereocenters. The first-order valence-corrected chi connectivity index (χ1v) is 9.68. The molecule has 1 N–H and O–H groups in total. The Hall–Kier alpha value is -1.59. The van der Waals surface area contributed by atoms with Crippen molar-refractivity contribution in [2.45, 2.75) is 45.2 Å². The second-order valence-electron chi connectivity index (χ2n) is 7.07. The highest BCUT2D eigenvalue weighted by Crippen LogP contribution is 2.27. The van der Waals surface area contributed by atoms with Crippen molar-refractivity contribution in [1.82, 2.24) is 15.1 Å². The third-order valence-corrected chi connectivity index (χ3v) is 5.38. The van der Waals surface area contributed by atoms with Gasteiger partial charge >= 0.3 is 0 Å². The molecule has 5 nitrogen and oxygen atoms in total. The van der Waals surface area contributed by atoms with Gasteiger partial charge in [0.2, 0.25) is 5.91 Å². The molecule has 0 bridgehead atoms. The topological polar surface area (TPSA) is 44.8 Å². The average molecular weight is 345 g/mol. The molecule has 138 valence electrons. The van der Waals surface area contributed by atoms with Crippen LogP contribution in [0.2, 0.25) is 0 Å². The third kappa shape index (κ3) is 4.53. The largest absolute Gasteiger partial charge is 0.494 e. The quantitative estimate of drug-likeness (QED) is 0.824. The molecule has 2 aliphatic heterocycles. The molecular weight excluding hydrogens is 314 g/mol. The first-order valence-electron chi connectivity index (χ1n) is 9.68. The summed E-state index contributed by atoms with van der Waals surface area (Å²) in [6.45, 7) is 9.57. The van der Waals surface area contributed by atoms with Crippen LogP contribution in [0.15, 0.2) is 24.3 Å². The number of para-hydroxylation sites is 1. The number of nitrogens with zero attached hydrogens (tertiary/aromatic N) is 2. The van der Waals surface area contributed by atoms with E-state index in [9.17, 15) is 4.79 Å². The fourth-order valence-electron chi connectivity index (χ4n) is 4.10. The van der Waals surface area contributed by atoms with E-state index in [-0.39, 0.29) is 11.9 Å². The maximum atomic E-state index is 12.6. The molecule has 25 heavy (non-hydrogen) atoms. The molecule has 2 fully saturated rings. The summed E-state index contributed by atoms with van der Waals surface area (Å²) in [6.07, 6.45) is 3.43. The molecule has 0 saturated carbocycles. The van der Waals surface area contributed by atoms with Crippen LogP contribution in [-0.2, 0) is 4.79 Å². The fraction of sp³-hybridized carbons (Fsp3) is 0.650.